The number of unbranched alkanes of at least 4 members (excludes halogenated alkanes) is 4. The topological polar surface area (TPSA) is 63.4 Å². The van der Waals surface area contributed by atoms with Crippen LogP contribution in [0.1, 0.15) is 71.6 Å². The molecule has 0 aliphatic heterocycles. The number of hydrogen-bond acceptors (Lipinski definition) is 2. The zero-order chi connectivity index (χ0) is 14.5. The SMILES string of the molecule is CCCCCN(CCCCC(N)=O)C(=O)CCCC. The number of rotatable bonds is 12. The summed E-state index contributed by atoms with van der Waals surface area (Å²) in [6.45, 7) is 5.88. The highest BCUT2D eigenvalue weighted by atomic mass is 16.2. The largest absolute Gasteiger partial charge is 0.370 e. The van der Waals surface area contributed by atoms with Crippen molar-refractivity contribution in [1.82, 2.24) is 4.90 Å². The molecular weight excluding hydrogens is 240 g/mol. The van der Waals surface area contributed by atoms with Crippen LogP contribution in [0.4, 0.5) is 0 Å². The average Bonchev–Trinajstić information content (AvgIpc) is 2.38. The molecule has 0 aromatic carbocycles. The molecule has 0 aliphatic carbocycles. The summed E-state index contributed by atoms with van der Waals surface area (Å²) in [5, 5.41) is 0. The first-order valence-electron chi connectivity index (χ1n) is 7.67. The highest BCUT2D eigenvalue weighted by Crippen LogP contribution is 2.07. The number of nitrogens with two attached hydrogens (primary N) is 1. The van der Waals surface area contributed by atoms with Crippen molar-refractivity contribution < 1.29 is 9.59 Å². The monoisotopic (exact) mass is 270 g/mol. The van der Waals surface area contributed by atoms with Crippen molar-refractivity contribution >= 4 is 11.8 Å². The molecule has 0 rings (SSSR count). The van der Waals surface area contributed by atoms with Gasteiger partial charge in [0, 0.05) is 25.9 Å². The molecule has 19 heavy (non-hydrogen) atoms. The molecule has 0 saturated heterocycles. The number of primary amides is 1. The third kappa shape index (κ3) is 10.5. The third-order valence-electron chi connectivity index (χ3n) is 3.23. The zero-order valence-corrected chi connectivity index (χ0v) is 12.6. The van der Waals surface area contributed by atoms with Crippen LogP contribution in [0.25, 0.3) is 0 Å². The Balaban J connectivity index is 4.01. The molecule has 0 heterocycles. The van der Waals surface area contributed by atoms with E-state index in [0.29, 0.717) is 12.8 Å². The van der Waals surface area contributed by atoms with Crippen LogP contribution in [0.15, 0.2) is 0 Å². The van der Waals surface area contributed by atoms with Crippen LogP contribution in [0, 0.1) is 0 Å². The molecule has 0 saturated carbocycles. The van der Waals surface area contributed by atoms with E-state index in [0.717, 1.165) is 45.2 Å². The van der Waals surface area contributed by atoms with Gasteiger partial charge in [0.05, 0.1) is 0 Å². The van der Waals surface area contributed by atoms with Gasteiger partial charge in [0.2, 0.25) is 11.8 Å². The van der Waals surface area contributed by atoms with Crippen molar-refractivity contribution in [3.05, 3.63) is 0 Å². The molecule has 0 bridgehead atoms. The summed E-state index contributed by atoms with van der Waals surface area (Å²) in [5.74, 6) is 0.00636. The smallest absolute Gasteiger partial charge is 0.222 e. The molecule has 0 aromatic rings. The first-order chi connectivity index (χ1) is 9.11. The zero-order valence-electron chi connectivity index (χ0n) is 12.6. The van der Waals surface area contributed by atoms with E-state index < -0.39 is 0 Å². The van der Waals surface area contributed by atoms with E-state index in [1.807, 2.05) is 4.90 Å². The van der Waals surface area contributed by atoms with Crippen LogP contribution < -0.4 is 5.73 Å². The van der Waals surface area contributed by atoms with E-state index in [9.17, 15) is 9.59 Å². The number of nitrogens with zero attached hydrogens (tertiary/aromatic N) is 1. The Morgan fingerprint density at radius 1 is 0.842 bits per heavy atom. The van der Waals surface area contributed by atoms with Gasteiger partial charge < -0.3 is 10.6 Å². The maximum atomic E-state index is 12.1. The lowest BCUT2D eigenvalue weighted by atomic mass is 10.1. The van der Waals surface area contributed by atoms with Gasteiger partial charge in [0.1, 0.15) is 0 Å². The summed E-state index contributed by atoms with van der Waals surface area (Å²) >= 11 is 0. The molecular formula is C15H30N2O2. The van der Waals surface area contributed by atoms with Crippen LogP contribution in [-0.4, -0.2) is 29.8 Å². The van der Waals surface area contributed by atoms with Crippen LogP contribution in [0.3, 0.4) is 0 Å². The van der Waals surface area contributed by atoms with Crippen LogP contribution in [0.2, 0.25) is 0 Å². The van der Waals surface area contributed by atoms with E-state index in [1.165, 1.54) is 12.8 Å². The second-order valence-corrected chi connectivity index (χ2v) is 5.11. The lowest BCUT2D eigenvalue weighted by Crippen LogP contribution is -2.33. The lowest BCUT2D eigenvalue weighted by Gasteiger charge is -2.22. The van der Waals surface area contributed by atoms with Gasteiger partial charge in [0.25, 0.3) is 0 Å². The van der Waals surface area contributed by atoms with Gasteiger partial charge in [-0.2, -0.15) is 0 Å². The Bertz CT molecular complexity index is 255. The molecule has 0 aliphatic rings. The highest BCUT2D eigenvalue weighted by molar-refractivity contribution is 5.76. The minimum atomic E-state index is -0.255. The minimum Gasteiger partial charge on any atom is -0.370 e. The molecule has 4 heteroatoms. The number of carbonyl (C=O) groups is 2. The highest BCUT2D eigenvalue weighted by Gasteiger charge is 2.12. The average molecular weight is 270 g/mol. The Morgan fingerprint density at radius 3 is 1.95 bits per heavy atom. The van der Waals surface area contributed by atoms with Gasteiger partial charge in [0.15, 0.2) is 0 Å². The normalized spacial score (nSPS) is 10.4. The van der Waals surface area contributed by atoms with E-state index in [4.69, 9.17) is 5.73 Å². The van der Waals surface area contributed by atoms with E-state index in [-0.39, 0.29) is 11.8 Å². The van der Waals surface area contributed by atoms with Gasteiger partial charge >= 0.3 is 0 Å². The van der Waals surface area contributed by atoms with E-state index in [2.05, 4.69) is 13.8 Å². The maximum absolute atomic E-state index is 12.1. The molecule has 0 aromatic heterocycles. The van der Waals surface area contributed by atoms with Gasteiger partial charge in [-0.15, -0.1) is 0 Å². The predicted octanol–water partition coefficient (Wildman–Crippen LogP) is 2.85. The Labute approximate surface area is 117 Å². The molecule has 0 fully saturated rings. The molecule has 0 unspecified atom stereocenters. The molecule has 0 radical (unpaired) electrons. The van der Waals surface area contributed by atoms with Crippen molar-refractivity contribution in [2.75, 3.05) is 13.1 Å². The van der Waals surface area contributed by atoms with Crippen molar-refractivity contribution in [3.8, 4) is 0 Å². The molecule has 0 spiro atoms. The van der Waals surface area contributed by atoms with E-state index in [1.54, 1.807) is 0 Å². The number of amides is 2. The summed E-state index contributed by atoms with van der Waals surface area (Å²) in [6.07, 6.45) is 8.14. The summed E-state index contributed by atoms with van der Waals surface area (Å²) in [4.78, 5) is 24.7. The van der Waals surface area contributed by atoms with Gasteiger partial charge in [-0.1, -0.05) is 33.1 Å². The standard InChI is InChI=1S/C15H30N2O2/c1-3-5-8-12-17(15(19)11-6-4-2)13-9-7-10-14(16)18/h3-13H2,1-2H3,(H2,16,18). The first-order valence-corrected chi connectivity index (χ1v) is 7.67. The number of hydrogen-bond donors (Lipinski definition) is 1. The van der Waals surface area contributed by atoms with Crippen molar-refractivity contribution in [2.24, 2.45) is 5.73 Å². The van der Waals surface area contributed by atoms with Gasteiger partial charge in [-0.3, -0.25) is 9.59 Å². The summed E-state index contributed by atoms with van der Waals surface area (Å²) in [6, 6.07) is 0. The summed E-state index contributed by atoms with van der Waals surface area (Å²) < 4.78 is 0. The van der Waals surface area contributed by atoms with E-state index >= 15 is 0 Å². The number of carbonyl (C=O) groups excluding carboxylic acids is 2. The fraction of sp³-hybridized carbons (Fsp3) is 0.867. The fourth-order valence-electron chi connectivity index (χ4n) is 2.00. The minimum absolute atomic E-state index is 0.255. The van der Waals surface area contributed by atoms with Crippen LogP contribution in [0.5, 0.6) is 0 Å². The Kier molecular flexibility index (Phi) is 11.3. The molecule has 2 amide bonds. The Hall–Kier alpha value is -1.06. The molecule has 4 nitrogen and oxygen atoms in total. The third-order valence-corrected chi connectivity index (χ3v) is 3.23. The van der Waals surface area contributed by atoms with Gasteiger partial charge in [-0.05, 0) is 25.7 Å². The van der Waals surface area contributed by atoms with Crippen molar-refractivity contribution in [3.63, 3.8) is 0 Å². The van der Waals surface area contributed by atoms with Gasteiger partial charge in [-0.25, -0.2) is 0 Å². The van der Waals surface area contributed by atoms with Crippen LogP contribution in [-0.2, 0) is 9.59 Å². The molecule has 2 N–H and O–H groups in total. The first kappa shape index (κ1) is 17.9. The Morgan fingerprint density at radius 2 is 1.42 bits per heavy atom. The maximum Gasteiger partial charge on any atom is 0.222 e. The van der Waals surface area contributed by atoms with Crippen molar-refractivity contribution in [2.45, 2.75) is 71.6 Å². The summed E-state index contributed by atoms with van der Waals surface area (Å²) in [7, 11) is 0. The molecule has 112 valence electrons. The second kappa shape index (κ2) is 12.0. The van der Waals surface area contributed by atoms with Crippen LogP contribution >= 0.6 is 0 Å². The second-order valence-electron chi connectivity index (χ2n) is 5.11. The predicted molar refractivity (Wildman–Crippen MR) is 78.7 cm³/mol. The quantitative estimate of drug-likeness (QED) is 0.554. The lowest BCUT2D eigenvalue weighted by molar-refractivity contribution is -0.131. The van der Waals surface area contributed by atoms with Crippen molar-refractivity contribution in [1.29, 1.82) is 0 Å². The molecule has 0 atom stereocenters. The fourth-order valence-corrected chi connectivity index (χ4v) is 2.00. The summed E-state index contributed by atoms with van der Waals surface area (Å²) in [5.41, 5.74) is 5.11.